The predicted molar refractivity (Wildman–Crippen MR) is 88.7 cm³/mol. The lowest BCUT2D eigenvalue weighted by atomic mass is 10.1. The Bertz CT molecular complexity index is 645. The van der Waals surface area contributed by atoms with Gasteiger partial charge < -0.3 is 0 Å². The molecule has 0 saturated heterocycles. The van der Waals surface area contributed by atoms with Crippen LogP contribution in [0.15, 0.2) is 22.7 Å². The number of hydrogen-bond acceptors (Lipinski definition) is 2. The van der Waals surface area contributed by atoms with Gasteiger partial charge in [0.2, 0.25) is 0 Å². The highest BCUT2D eigenvalue weighted by atomic mass is 79.9. The predicted octanol–water partition coefficient (Wildman–Crippen LogP) is 6.06. The first-order chi connectivity index (χ1) is 9.38. The fraction of sp³-hybridized carbons (Fsp3) is 0.286. The van der Waals surface area contributed by atoms with Crippen LogP contribution in [0.5, 0.6) is 0 Å². The molecule has 2 aromatic rings. The van der Waals surface area contributed by atoms with Crippen molar-refractivity contribution < 1.29 is 0 Å². The van der Waals surface area contributed by atoms with Crippen LogP contribution in [-0.2, 0) is 6.42 Å². The van der Waals surface area contributed by atoms with Crippen LogP contribution in [0.25, 0.3) is 11.4 Å². The van der Waals surface area contributed by atoms with Gasteiger partial charge in [0, 0.05) is 5.56 Å². The van der Waals surface area contributed by atoms with Crippen LogP contribution in [0.4, 0.5) is 0 Å². The standard InChI is InChI=1S/C14H12BrCl3N2/c1-7(2)5-11-12(15)13(18)20-14(19-11)8-3-4-9(16)10(17)6-8/h3-4,6-7H,5H2,1-2H3. The maximum atomic E-state index is 6.17. The highest BCUT2D eigenvalue weighted by Gasteiger charge is 2.14. The van der Waals surface area contributed by atoms with E-state index in [2.05, 4.69) is 39.7 Å². The fourth-order valence-electron chi connectivity index (χ4n) is 1.75. The molecular formula is C14H12BrCl3N2. The molecule has 1 aromatic carbocycles. The van der Waals surface area contributed by atoms with E-state index in [0.717, 1.165) is 22.2 Å². The summed E-state index contributed by atoms with van der Waals surface area (Å²) in [6.45, 7) is 4.25. The number of aromatic nitrogens is 2. The van der Waals surface area contributed by atoms with Gasteiger partial charge >= 0.3 is 0 Å². The summed E-state index contributed by atoms with van der Waals surface area (Å²) in [4.78, 5) is 8.86. The van der Waals surface area contributed by atoms with Gasteiger partial charge in [0.15, 0.2) is 5.82 Å². The maximum Gasteiger partial charge on any atom is 0.161 e. The Morgan fingerprint density at radius 1 is 1.10 bits per heavy atom. The zero-order valence-electron chi connectivity index (χ0n) is 10.9. The summed E-state index contributed by atoms with van der Waals surface area (Å²) < 4.78 is 0.747. The van der Waals surface area contributed by atoms with Crippen molar-refractivity contribution in [1.82, 2.24) is 9.97 Å². The molecule has 2 nitrogen and oxygen atoms in total. The van der Waals surface area contributed by atoms with E-state index in [1.165, 1.54) is 0 Å². The van der Waals surface area contributed by atoms with Crippen LogP contribution < -0.4 is 0 Å². The summed E-state index contributed by atoms with van der Waals surface area (Å²) in [7, 11) is 0. The molecule has 2 rings (SSSR count). The lowest BCUT2D eigenvalue weighted by molar-refractivity contribution is 0.632. The van der Waals surface area contributed by atoms with Crippen molar-refractivity contribution in [2.75, 3.05) is 0 Å². The van der Waals surface area contributed by atoms with E-state index >= 15 is 0 Å². The molecule has 0 saturated carbocycles. The molecule has 0 aliphatic rings. The molecule has 0 amide bonds. The summed E-state index contributed by atoms with van der Waals surface area (Å²) in [6, 6.07) is 5.29. The van der Waals surface area contributed by atoms with Crippen molar-refractivity contribution in [3.63, 3.8) is 0 Å². The molecule has 106 valence electrons. The van der Waals surface area contributed by atoms with Gasteiger partial charge in [-0.25, -0.2) is 9.97 Å². The van der Waals surface area contributed by atoms with Gasteiger partial charge in [-0.1, -0.05) is 48.7 Å². The van der Waals surface area contributed by atoms with Crippen molar-refractivity contribution in [1.29, 1.82) is 0 Å². The quantitative estimate of drug-likeness (QED) is 0.591. The average Bonchev–Trinajstić information content (AvgIpc) is 2.37. The molecule has 1 heterocycles. The van der Waals surface area contributed by atoms with Crippen LogP contribution >= 0.6 is 50.7 Å². The molecule has 0 radical (unpaired) electrons. The molecule has 0 spiro atoms. The van der Waals surface area contributed by atoms with Gasteiger partial charge in [-0.2, -0.15) is 0 Å². The van der Waals surface area contributed by atoms with Crippen LogP contribution in [0.3, 0.4) is 0 Å². The Morgan fingerprint density at radius 2 is 1.80 bits per heavy atom. The number of hydrogen-bond donors (Lipinski definition) is 0. The number of rotatable bonds is 3. The van der Waals surface area contributed by atoms with Gasteiger partial charge in [-0.3, -0.25) is 0 Å². The zero-order valence-corrected chi connectivity index (χ0v) is 14.8. The van der Waals surface area contributed by atoms with E-state index in [1.54, 1.807) is 12.1 Å². The third-order valence-corrected chi connectivity index (χ3v) is 4.73. The summed E-state index contributed by atoms with van der Waals surface area (Å²) in [6.07, 6.45) is 0.817. The molecule has 0 unspecified atom stereocenters. The molecule has 0 aliphatic heterocycles. The third-order valence-electron chi connectivity index (χ3n) is 2.66. The smallest absolute Gasteiger partial charge is 0.161 e. The van der Waals surface area contributed by atoms with Crippen LogP contribution in [-0.4, -0.2) is 9.97 Å². The van der Waals surface area contributed by atoms with E-state index in [1.807, 2.05) is 6.07 Å². The molecule has 6 heteroatoms. The highest BCUT2D eigenvalue weighted by molar-refractivity contribution is 9.10. The molecular weight excluding hydrogens is 382 g/mol. The maximum absolute atomic E-state index is 6.17. The Balaban J connectivity index is 2.51. The Labute approximate surface area is 141 Å². The lowest BCUT2D eigenvalue weighted by Crippen LogP contribution is -2.02. The minimum absolute atomic E-state index is 0.400. The molecule has 0 fully saturated rings. The largest absolute Gasteiger partial charge is 0.232 e. The van der Waals surface area contributed by atoms with E-state index in [-0.39, 0.29) is 0 Å². The Morgan fingerprint density at radius 3 is 2.40 bits per heavy atom. The Kier molecular flexibility index (Phi) is 5.30. The zero-order chi connectivity index (χ0) is 14.9. The summed E-state index contributed by atoms with van der Waals surface area (Å²) in [5, 5.41) is 1.37. The molecule has 0 atom stereocenters. The topological polar surface area (TPSA) is 25.8 Å². The fourth-order valence-corrected chi connectivity index (χ4v) is 2.58. The van der Waals surface area contributed by atoms with Crippen LogP contribution in [0.1, 0.15) is 19.5 Å². The first-order valence-corrected chi connectivity index (χ1v) is 7.98. The monoisotopic (exact) mass is 392 g/mol. The average molecular weight is 395 g/mol. The van der Waals surface area contributed by atoms with Crippen molar-refractivity contribution in [3.8, 4) is 11.4 Å². The second-order valence-corrected chi connectivity index (χ2v) is 6.79. The lowest BCUT2D eigenvalue weighted by Gasteiger charge is -2.10. The van der Waals surface area contributed by atoms with Crippen LogP contribution in [0.2, 0.25) is 15.2 Å². The minimum atomic E-state index is 0.400. The first-order valence-electron chi connectivity index (χ1n) is 6.05. The van der Waals surface area contributed by atoms with E-state index < -0.39 is 0 Å². The van der Waals surface area contributed by atoms with E-state index in [4.69, 9.17) is 34.8 Å². The normalized spacial score (nSPS) is 11.2. The van der Waals surface area contributed by atoms with Crippen molar-refractivity contribution in [2.24, 2.45) is 5.92 Å². The molecule has 0 aliphatic carbocycles. The van der Waals surface area contributed by atoms with Gasteiger partial charge in [0.1, 0.15) is 5.15 Å². The second-order valence-electron chi connectivity index (χ2n) is 4.83. The van der Waals surface area contributed by atoms with Gasteiger partial charge in [0.05, 0.1) is 20.2 Å². The first kappa shape index (κ1) is 16.0. The van der Waals surface area contributed by atoms with Gasteiger partial charge in [-0.15, -0.1) is 0 Å². The highest BCUT2D eigenvalue weighted by Crippen LogP contribution is 2.31. The van der Waals surface area contributed by atoms with E-state index in [0.29, 0.717) is 26.9 Å². The second kappa shape index (κ2) is 6.61. The summed E-state index contributed by atoms with van der Waals surface area (Å²) >= 11 is 21.6. The van der Waals surface area contributed by atoms with Crippen molar-refractivity contribution in [2.45, 2.75) is 20.3 Å². The molecule has 0 N–H and O–H groups in total. The summed E-state index contributed by atoms with van der Waals surface area (Å²) in [5.41, 5.74) is 1.68. The molecule has 20 heavy (non-hydrogen) atoms. The Hall–Kier alpha value is -0.350. The molecule has 0 bridgehead atoms. The van der Waals surface area contributed by atoms with E-state index in [9.17, 15) is 0 Å². The minimum Gasteiger partial charge on any atom is -0.232 e. The molecule has 1 aromatic heterocycles. The van der Waals surface area contributed by atoms with Crippen LogP contribution in [0, 0.1) is 5.92 Å². The SMILES string of the molecule is CC(C)Cc1nc(-c2ccc(Cl)c(Cl)c2)nc(Cl)c1Br. The number of halogens is 4. The van der Waals surface area contributed by atoms with Gasteiger partial charge in [0.25, 0.3) is 0 Å². The number of benzene rings is 1. The van der Waals surface area contributed by atoms with Crippen molar-refractivity contribution in [3.05, 3.63) is 43.6 Å². The van der Waals surface area contributed by atoms with Gasteiger partial charge in [-0.05, 0) is 46.5 Å². The number of nitrogens with zero attached hydrogens (tertiary/aromatic N) is 2. The summed E-state index contributed by atoms with van der Waals surface area (Å²) in [5.74, 6) is 1.02. The van der Waals surface area contributed by atoms with Crippen molar-refractivity contribution >= 4 is 50.7 Å². The third kappa shape index (κ3) is 3.64.